The first-order valence-corrected chi connectivity index (χ1v) is 24.1. The maximum Gasteiger partial charge on any atom is 0.162 e. The lowest BCUT2D eigenvalue weighted by Gasteiger charge is -2.51. The van der Waals surface area contributed by atoms with Gasteiger partial charge < -0.3 is 9.47 Å². The van der Waals surface area contributed by atoms with Crippen LogP contribution in [-0.4, -0.2) is 18.5 Å². The van der Waals surface area contributed by atoms with Crippen molar-refractivity contribution >= 4 is 87.6 Å². The Morgan fingerprint density at radius 3 is 2.06 bits per heavy atom. The molecular weight excluding hydrogens is 791 g/mol. The molecule has 2 spiro atoms. The monoisotopic (exact) mass is 827 g/mol. The Balaban J connectivity index is 0.943. The van der Waals surface area contributed by atoms with Gasteiger partial charge in [0.25, 0.3) is 0 Å². The van der Waals surface area contributed by atoms with Crippen molar-refractivity contribution in [3.05, 3.63) is 186 Å². The molecule has 11 aromatic carbocycles. The second-order valence-electron chi connectivity index (χ2n) is 21.7. The summed E-state index contributed by atoms with van der Waals surface area (Å²) >= 11 is 0. The van der Waals surface area contributed by atoms with Gasteiger partial charge in [-0.15, -0.1) is 0 Å². The van der Waals surface area contributed by atoms with Crippen molar-refractivity contribution in [2.75, 3.05) is 13.6 Å². The zero-order valence-corrected chi connectivity index (χ0v) is 35.7. The quantitative estimate of drug-likeness (QED) is 0.149. The SMILES string of the molecule is CN1CC23C4=CC5=Cc6cc7c8c9c6c(c6c%10c2c2c(cc%11c%12c%13c(cc%14c%15c(c(c96)c(c%15%13)c%10c2%12)C8C(C7)C%14)C%11)=C4)C53C1c1ccc(OCc2ccccc2)c(OCc2ccccc2)c1. The maximum atomic E-state index is 6.91. The minimum absolute atomic E-state index is 0.0685. The lowest BCUT2D eigenvalue weighted by Crippen LogP contribution is -2.51. The van der Waals surface area contributed by atoms with Crippen molar-refractivity contribution in [3.63, 3.8) is 0 Å². The van der Waals surface area contributed by atoms with Crippen LogP contribution in [0.2, 0.25) is 0 Å². The van der Waals surface area contributed by atoms with Crippen molar-refractivity contribution in [3.8, 4) is 11.5 Å². The molecule has 8 aliphatic carbocycles. The van der Waals surface area contributed by atoms with E-state index in [-0.39, 0.29) is 16.9 Å². The van der Waals surface area contributed by atoms with Gasteiger partial charge in [-0.2, -0.15) is 0 Å². The van der Waals surface area contributed by atoms with Gasteiger partial charge >= 0.3 is 0 Å². The fourth-order valence-corrected chi connectivity index (χ4v) is 17.9. The van der Waals surface area contributed by atoms with E-state index < -0.39 is 0 Å². The first-order valence-electron chi connectivity index (χ1n) is 24.1. The number of likely N-dealkylation sites (N-methyl/N-ethyl adjacent to an activating group) is 1. The molecule has 1 aliphatic heterocycles. The number of likely N-dealkylation sites (tertiary alicyclic amines) is 1. The van der Waals surface area contributed by atoms with Gasteiger partial charge in [-0.3, -0.25) is 4.90 Å². The molecule has 0 saturated carbocycles. The summed E-state index contributed by atoms with van der Waals surface area (Å²) in [6.07, 6.45) is 11.6. The van der Waals surface area contributed by atoms with Crippen LogP contribution >= 0.6 is 0 Å². The van der Waals surface area contributed by atoms with Gasteiger partial charge in [-0.25, -0.2) is 0 Å². The Labute approximate surface area is 372 Å². The van der Waals surface area contributed by atoms with E-state index >= 15 is 0 Å². The summed E-state index contributed by atoms with van der Waals surface area (Å²) < 4.78 is 13.6. The Morgan fingerprint density at radius 2 is 1.23 bits per heavy atom. The zero-order valence-electron chi connectivity index (χ0n) is 35.7. The second-order valence-corrected chi connectivity index (χ2v) is 21.7. The average Bonchev–Trinajstić information content (AvgIpc) is 4.18. The van der Waals surface area contributed by atoms with Crippen molar-refractivity contribution < 1.29 is 9.47 Å². The van der Waals surface area contributed by atoms with Gasteiger partial charge in [0.05, 0.1) is 5.41 Å². The number of hydrogen-bond donors (Lipinski definition) is 0. The highest BCUT2D eigenvalue weighted by Crippen LogP contribution is 2.79. The van der Waals surface area contributed by atoms with Gasteiger partial charge in [-0.1, -0.05) is 103 Å². The maximum absolute atomic E-state index is 6.91. The van der Waals surface area contributed by atoms with E-state index in [1.54, 1.807) is 120 Å². The largest absolute Gasteiger partial charge is 0.485 e. The number of hydrogen-bond acceptors (Lipinski definition) is 3. The van der Waals surface area contributed by atoms with Crippen molar-refractivity contribution in [1.29, 1.82) is 0 Å². The summed E-state index contributed by atoms with van der Waals surface area (Å²) in [5, 5.41) is 24.2. The van der Waals surface area contributed by atoms with Crippen LogP contribution in [0.4, 0.5) is 0 Å². The molecule has 20 rings (SSSR count). The van der Waals surface area contributed by atoms with E-state index in [0.29, 0.717) is 25.0 Å². The number of ether oxygens (including phenoxy) is 2. The van der Waals surface area contributed by atoms with Crippen LogP contribution in [0.1, 0.15) is 78.7 Å². The van der Waals surface area contributed by atoms with Crippen LogP contribution in [0.25, 0.3) is 87.6 Å². The lowest BCUT2D eigenvalue weighted by atomic mass is 9.49. The molecule has 0 bridgehead atoms. The number of nitrogens with zero attached hydrogens (tertiary/aromatic N) is 1. The number of benzene rings is 8. The molecule has 0 amide bonds. The zero-order chi connectivity index (χ0) is 41.3. The minimum Gasteiger partial charge on any atom is -0.485 e. The second kappa shape index (κ2) is 9.55. The topological polar surface area (TPSA) is 21.7 Å². The Kier molecular flexibility index (Phi) is 4.68. The Hall–Kier alpha value is -6.94. The predicted molar refractivity (Wildman–Crippen MR) is 261 cm³/mol. The number of rotatable bonds is 7. The van der Waals surface area contributed by atoms with Crippen LogP contribution in [-0.2, 0) is 43.3 Å². The van der Waals surface area contributed by atoms with E-state index in [4.69, 9.17) is 9.47 Å². The van der Waals surface area contributed by atoms with Crippen LogP contribution in [0.3, 0.4) is 0 Å². The van der Waals surface area contributed by atoms with E-state index in [1.807, 2.05) is 0 Å². The van der Waals surface area contributed by atoms with Crippen molar-refractivity contribution in [2.24, 2.45) is 5.92 Å². The van der Waals surface area contributed by atoms with Gasteiger partial charge in [0.1, 0.15) is 13.2 Å². The highest BCUT2D eigenvalue weighted by molar-refractivity contribution is 6.54. The molecule has 9 aliphatic rings. The third-order valence-electron chi connectivity index (χ3n) is 19.4. The third kappa shape index (κ3) is 2.90. The molecule has 5 unspecified atom stereocenters. The summed E-state index contributed by atoms with van der Waals surface area (Å²) in [6.45, 7) is 1.93. The Morgan fingerprint density at radius 1 is 0.538 bits per heavy atom. The minimum atomic E-state index is -0.319. The fraction of sp³-hybridized carbons (Fsp3) is 0.194. The third-order valence-corrected chi connectivity index (χ3v) is 19.4. The summed E-state index contributed by atoms with van der Waals surface area (Å²) in [4.78, 5) is 2.77. The summed E-state index contributed by atoms with van der Waals surface area (Å²) in [5.74, 6) is 2.74. The number of allylic oxidation sites excluding steroid dienone is 1. The fourth-order valence-electron chi connectivity index (χ4n) is 17.9. The first kappa shape index (κ1) is 31.8. The standard InChI is InChI=1S/C62H37NO2/c1-63-26-61-37-20-35-18-32-14-30-16-34-17-31-15-33-19-36-21-38(23-37)62(61,60(63)29-12-13-39(64-24-27-8-4-2-5-9-27)40(22-29)65-25-28-10-6-3-7-11-28)59-47(36)51-44(33)42(31)49-45(34)48-41(30)43(32)50-46(35)58(61)56-54(50)52(48)53(49)55(51)57(56)59/h2-13,16,18-23,31,42,60H,14-15,17,24-26H2,1H3. The molecule has 3 nitrogen and oxygen atoms in total. The van der Waals surface area contributed by atoms with Crippen molar-refractivity contribution in [2.45, 2.75) is 55.3 Å². The molecule has 0 aromatic heterocycles. The molecule has 5 atom stereocenters. The molecule has 65 heavy (non-hydrogen) atoms. The van der Waals surface area contributed by atoms with Crippen LogP contribution in [0, 0.1) is 5.92 Å². The Bertz CT molecular complexity index is 4380. The average molecular weight is 828 g/mol. The first-order chi connectivity index (χ1) is 32.1. The molecule has 11 aromatic rings. The summed E-state index contributed by atoms with van der Waals surface area (Å²) in [5.41, 5.74) is 20.7. The molecule has 0 N–H and O–H groups in total. The molecule has 1 heterocycles. The van der Waals surface area contributed by atoms with Crippen LogP contribution < -0.4 is 14.7 Å². The van der Waals surface area contributed by atoms with Crippen LogP contribution in [0.15, 0.2) is 114 Å². The molecule has 1 fully saturated rings. The van der Waals surface area contributed by atoms with E-state index in [9.17, 15) is 0 Å². The lowest BCUT2D eigenvalue weighted by molar-refractivity contribution is 0.249. The van der Waals surface area contributed by atoms with E-state index in [1.165, 1.54) is 40.3 Å². The smallest absolute Gasteiger partial charge is 0.162 e. The van der Waals surface area contributed by atoms with Crippen molar-refractivity contribution in [1.82, 2.24) is 4.90 Å². The highest BCUT2D eigenvalue weighted by atomic mass is 16.5. The van der Waals surface area contributed by atoms with Gasteiger partial charge in [0.2, 0.25) is 0 Å². The van der Waals surface area contributed by atoms with E-state index in [0.717, 1.165) is 35.6 Å². The van der Waals surface area contributed by atoms with Gasteiger partial charge in [0, 0.05) is 23.9 Å². The summed E-state index contributed by atoms with van der Waals surface area (Å²) in [7, 11) is 2.44. The van der Waals surface area contributed by atoms with Crippen LogP contribution in [0.5, 0.6) is 11.5 Å². The predicted octanol–water partition coefficient (Wildman–Crippen LogP) is 12.3. The van der Waals surface area contributed by atoms with Gasteiger partial charge in [0.15, 0.2) is 11.5 Å². The summed E-state index contributed by atoms with van der Waals surface area (Å²) in [6, 6.07) is 36.2. The van der Waals surface area contributed by atoms with E-state index in [2.05, 4.69) is 127 Å². The van der Waals surface area contributed by atoms with Gasteiger partial charge in [-0.05, 0) is 203 Å². The normalized spacial score (nSPS) is 25.7. The molecule has 302 valence electrons. The molecular formula is C62H37NO2. The molecule has 3 heteroatoms. The molecule has 0 radical (unpaired) electrons. The molecule has 1 saturated heterocycles. The highest BCUT2D eigenvalue weighted by Gasteiger charge is 2.74.